The van der Waals surface area contributed by atoms with Crippen LogP contribution < -0.4 is 4.90 Å². The summed E-state index contributed by atoms with van der Waals surface area (Å²) in [5.41, 5.74) is 10.7. The normalized spacial score (nSPS) is 11.5. The van der Waals surface area contributed by atoms with Gasteiger partial charge < -0.3 is 4.90 Å². The van der Waals surface area contributed by atoms with E-state index >= 15 is 0 Å². The molecule has 39 heavy (non-hydrogen) atoms. The van der Waals surface area contributed by atoms with Crippen molar-refractivity contribution in [1.82, 2.24) is 0 Å². The van der Waals surface area contributed by atoms with Crippen LogP contribution in [0, 0.1) is 0 Å². The minimum Gasteiger partial charge on any atom is -0.311 e. The third-order valence-corrected chi connectivity index (χ3v) is 6.77. The van der Waals surface area contributed by atoms with Crippen LogP contribution in [0.4, 0.5) is 17.1 Å². The molecule has 0 atom stereocenters. The van der Waals surface area contributed by atoms with Gasteiger partial charge in [-0.05, 0) is 76.7 Å². The number of nitrogens with zero attached hydrogens (tertiary/aromatic N) is 1. The Morgan fingerprint density at radius 3 is 1.33 bits per heavy atom. The van der Waals surface area contributed by atoms with Gasteiger partial charge in [0, 0.05) is 17.1 Å². The molecule has 5 rings (SSSR count). The fraction of sp³-hybridized carbons (Fsp3) is 0.0270. The Morgan fingerprint density at radius 1 is 0.538 bits per heavy atom. The fourth-order valence-electron chi connectivity index (χ4n) is 4.53. The summed E-state index contributed by atoms with van der Waals surface area (Å²) in [6.07, 6.45) is 5.70. The zero-order valence-electron chi connectivity index (χ0n) is 22.2. The van der Waals surface area contributed by atoms with Crippen molar-refractivity contribution in [3.63, 3.8) is 0 Å². The maximum absolute atomic E-state index is 5.91. The smallest absolute Gasteiger partial charge is 0.113 e. The standard InChI is InChI=1S/C37H30BN/c1-3-34(38)21-14-28(2)29-15-22-35(23-16-29)39(36-24-17-32(18-25-36)30-10-6-4-7-11-30)37-26-19-33(20-27-37)31-12-8-5-9-13-31/h3-27H,2H2,1H3/b21-14-,34-3+. The molecule has 0 unspecified atom stereocenters. The highest BCUT2D eigenvalue weighted by molar-refractivity contribution is 6.23. The minimum atomic E-state index is 0.719. The molecule has 186 valence electrons. The average Bonchev–Trinajstić information content (AvgIpc) is 3.01. The van der Waals surface area contributed by atoms with E-state index in [-0.39, 0.29) is 0 Å². The molecule has 0 aromatic heterocycles. The van der Waals surface area contributed by atoms with E-state index in [1.54, 1.807) is 0 Å². The summed E-state index contributed by atoms with van der Waals surface area (Å²) < 4.78 is 0. The first kappa shape index (κ1) is 25.8. The van der Waals surface area contributed by atoms with E-state index in [2.05, 4.69) is 133 Å². The number of benzene rings is 5. The summed E-state index contributed by atoms with van der Waals surface area (Å²) in [7, 11) is 5.91. The van der Waals surface area contributed by atoms with E-state index in [0.29, 0.717) is 0 Å². The van der Waals surface area contributed by atoms with Crippen LogP contribution in [-0.2, 0) is 0 Å². The molecule has 0 fully saturated rings. The lowest BCUT2D eigenvalue weighted by Crippen LogP contribution is -2.09. The second-order valence-corrected chi connectivity index (χ2v) is 9.36. The fourth-order valence-corrected chi connectivity index (χ4v) is 4.53. The van der Waals surface area contributed by atoms with Crippen molar-refractivity contribution in [2.45, 2.75) is 6.92 Å². The SMILES string of the molecule is [B]C(/C=C\C(=C)c1ccc(N(c2ccc(-c3ccccc3)cc2)c2ccc(-c3ccccc3)cc2)cc1)=C/C. The second kappa shape index (κ2) is 12.2. The minimum absolute atomic E-state index is 0.719. The largest absolute Gasteiger partial charge is 0.311 e. The van der Waals surface area contributed by atoms with Gasteiger partial charge in [0.15, 0.2) is 0 Å². The third-order valence-electron chi connectivity index (χ3n) is 6.77. The molecule has 0 aliphatic heterocycles. The van der Waals surface area contributed by atoms with Crippen LogP contribution in [0.15, 0.2) is 164 Å². The first-order valence-electron chi connectivity index (χ1n) is 13.1. The Bertz CT molecular complexity index is 1500. The Morgan fingerprint density at radius 2 is 0.923 bits per heavy atom. The van der Waals surface area contributed by atoms with Gasteiger partial charge in [-0.3, -0.25) is 0 Å². The number of anilines is 3. The lowest BCUT2D eigenvalue weighted by Gasteiger charge is -2.26. The molecule has 0 amide bonds. The van der Waals surface area contributed by atoms with Crippen LogP contribution in [0.5, 0.6) is 0 Å². The van der Waals surface area contributed by atoms with Crippen LogP contribution in [0.25, 0.3) is 27.8 Å². The van der Waals surface area contributed by atoms with E-state index < -0.39 is 0 Å². The van der Waals surface area contributed by atoms with Crippen molar-refractivity contribution in [3.05, 3.63) is 169 Å². The van der Waals surface area contributed by atoms with E-state index in [0.717, 1.165) is 33.7 Å². The number of rotatable bonds is 8. The number of hydrogen-bond donors (Lipinski definition) is 0. The quantitative estimate of drug-likeness (QED) is 0.152. The van der Waals surface area contributed by atoms with E-state index in [1.165, 1.54) is 22.3 Å². The van der Waals surface area contributed by atoms with Gasteiger partial charge in [0.1, 0.15) is 7.85 Å². The maximum atomic E-state index is 5.91. The number of allylic oxidation sites excluding steroid dienone is 5. The van der Waals surface area contributed by atoms with E-state index in [9.17, 15) is 0 Å². The molecular weight excluding hydrogens is 469 g/mol. The molecule has 2 heteroatoms. The van der Waals surface area contributed by atoms with Crippen molar-refractivity contribution in [1.29, 1.82) is 0 Å². The predicted molar refractivity (Wildman–Crippen MR) is 170 cm³/mol. The van der Waals surface area contributed by atoms with Gasteiger partial charge >= 0.3 is 0 Å². The van der Waals surface area contributed by atoms with Crippen LogP contribution in [-0.4, -0.2) is 7.85 Å². The summed E-state index contributed by atoms with van der Waals surface area (Å²) in [6.45, 7) is 6.14. The summed E-state index contributed by atoms with van der Waals surface area (Å²) in [6, 6.07) is 46.9. The summed E-state index contributed by atoms with van der Waals surface area (Å²) >= 11 is 0. The van der Waals surface area contributed by atoms with Gasteiger partial charge in [0.05, 0.1) is 0 Å². The van der Waals surface area contributed by atoms with Crippen LogP contribution in [0.3, 0.4) is 0 Å². The predicted octanol–water partition coefficient (Wildman–Crippen LogP) is 10.1. The molecule has 2 radical (unpaired) electrons. The number of hydrogen-bond acceptors (Lipinski definition) is 1. The topological polar surface area (TPSA) is 3.24 Å². The monoisotopic (exact) mass is 499 g/mol. The Labute approximate surface area is 233 Å². The van der Waals surface area contributed by atoms with E-state index in [1.807, 2.05) is 37.3 Å². The molecule has 0 aliphatic carbocycles. The first-order chi connectivity index (χ1) is 19.1. The van der Waals surface area contributed by atoms with Crippen LogP contribution in [0.2, 0.25) is 0 Å². The summed E-state index contributed by atoms with van der Waals surface area (Å²) in [5.74, 6) is 0. The van der Waals surface area contributed by atoms with Crippen molar-refractivity contribution in [3.8, 4) is 22.3 Å². The highest BCUT2D eigenvalue weighted by atomic mass is 15.1. The molecule has 0 saturated carbocycles. The summed E-state index contributed by atoms with van der Waals surface area (Å²) in [4.78, 5) is 2.28. The Kier molecular flexibility index (Phi) is 8.05. The summed E-state index contributed by atoms with van der Waals surface area (Å²) in [5, 5.41) is 0. The zero-order valence-corrected chi connectivity index (χ0v) is 22.2. The van der Waals surface area contributed by atoms with Gasteiger partial charge in [-0.25, -0.2) is 0 Å². The van der Waals surface area contributed by atoms with Gasteiger partial charge in [-0.15, -0.1) is 5.47 Å². The van der Waals surface area contributed by atoms with Crippen LogP contribution in [0.1, 0.15) is 12.5 Å². The zero-order chi connectivity index (χ0) is 27.0. The van der Waals surface area contributed by atoms with Gasteiger partial charge in [0.2, 0.25) is 0 Å². The molecule has 0 bridgehead atoms. The average molecular weight is 499 g/mol. The Balaban J connectivity index is 1.50. The molecule has 5 aromatic rings. The van der Waals surface area contributed by atoms with Gasteiger partial charge in [-0.1, -0.05) is 122 Å². The molecule has 0 spiro atoms. The molecule has 0 N–H and O–H groups in total. The van der Waals surface area contributed by atoms with E-state index in [4.69, 9.17) is 7.85 Å². The van der Waals surface area contributed by atoms with Gasteiger partial charge in [0.25, 0.3) is 0 Å². The lowest BCUT2D eigenvalue weighted by atomic mass is 9.94. The third kappa shape index (κ3) is 6.19. The molecule has 0 heterocycles. The van der Waals surface area contributed by atoms with Crippen molar-refractivity contribution >= 4 is 30.5 Å². The molecular formula is C37H30BN. The van der Waals surface area contributed by atoms with Crippen LogP contribution >= 0.6 is 0 Å². The van der Waals surface area contributed by atoms with Gasteiger partial charge in [-0.2, -0.15) is 0 Å². The van der Waals surface area contributed by atoms with Crippen molar-refractivity contribution < 1.29 is 0 Å². The molecule has 0 aliphatic rings. The Hall–Kier alpha value is -4.82. The molecule has 1 nitrogen and oxygen atoms in total. The lowest BCUT2D eigenvalue weighted by molar-refractivity contribution is 1.28. The maximum Gasteiger partial charge on any atom is 0.113 e. The second-order valence-electron chi connectivity index (χ2n) is 9.36. The highest BCUT2D eigenvalue weighted by Crippen LogP contribution is 2.37. The highest BCUT2D eigenvalue weighted by Gasteiger charge is 2.13. The molecule has 5 aromatic carbocycles. The first-order valence-corrected chi connectivity index (χ1v) is 13.1. The van der Waals surface area contributed by atoms with Crippen molar-refractivity contribution in [2.24, 2.45) is 0 Å². The molecule has 0 saturated heterocycles. The van der Waals surface area contributed by atoms with Crippen molar-refractivity contribution in [2.75, 3.05) is 4.90 Å².